The van der Waals surface area contributed by atoms with Gasteiger partial charge in [-0.15, -0.1) is 5.10 Å². The summed E-state index contributed by atoms with van der Waals surface area (Å²) < 4.78 is 19.2. The van der Waals surface area contributed by atoms with E-state index in [1.807, 2.05) is 0 Å². The summed E-state index contributed by atoms with van der Waals surface area (Å²) in [6.45, 7) is 0. The van der Waals surface area contributed by atoms with Gasteiger partial charge in [0, 0.05) is 5.92 Å². The summed E-state index contributed by atoms with van der Waals surface area (Å²) >= 11 is 3.02. The largest absolute Gasteiger partial charge is 0.408 e. The minimum absolute atomic E-state index is 0.00808. The fraction of sp³-hybridized carbons (Fsp3) is 0.250. The molecule has 1 aromatic heterocycles. The van der Waals surface area contributed by atoms with Crippen molar-refractivity contribution in [2.45, 2.75) is 18.8 Å². The van der Waals surface area contributed by atoms with Crippen LogP contribution in [0, 0.1) is 5.82 Å². The molecular weight excluding hydrogens is 317 g/mol. The molecule has 3 rings (SSSR count). The number of amides is 1. The molecule has 1 amide bonds. The Bertz CT molecular complexity index is 640. The molecule has 0 unspecified atom stereocenters. The fourth-order valence-corrected chi connectivity index (χ4v) is 1.99. The van der Waals surface area contributed by atoms with E-state index in [1.54, 1.807) is 6.07 Å². The lowest BCUT2D eigenvalue weighted by Gasteiger charge is -2.03. The monoisotopic (exact) mass is 325 g/mol. The minimum atomic E-state index is -0.623. The van der Waals surface area contributed by atoms with E-state index >= 15 is 0 Å². The first-order chi connectivity index (χ1) is 9.15. The molecule has 1 fully saturated rings. The lowest BCUT2D eigenvalue weighted by molar-refractivity contribution is 0.102. The second-order valence-electron chi connectivity index (χ2n) is 4.28. The van der Waals surface area contributed by atoms with Crippen LogP contribution in [0.3, 0.4) is 0 Å². The van der Waals surface area contributed by atoms with Gasteiger partial charge in [-0.25, -0.2) is 4.39 Å². The summed E-state index contributed by atoms with van der Waals surface area (Å²) in [5.74, 6) is -0.419. The molecule has 1 heterocycles. The van der Waals surface area contributed by atoms with Crippen molar-refractivity contribution in [1.29, 1.82) is 0 Å². The molecule has 1 saturated carbocycles. The Balaban J connectivity index is 1.78. The lowest BCUT2D eigenvalue weighted by Crippen LogP contribution is -2.14. The smallest absolute Gasteiger partial charge is 0.322 e. The van der Waals surface area contributed by atoms with Crippen LogP contribution in [0.15, 0.2) is 27.1 Å². The van der Waals surface area contributed by atoms with Crippen LogP contribution in [-0.4, -0.2) is 16.1 Å². The van der Waals surface area contributed by atoms with E-state index in [9.17, 15) is 9.18 Å². The zero-order valence-electron chi connectivity index (χ0n) is 9.69. The number of carbonyl (C=O) groups is 1. The van der Waals surface area contributed by atoms with Crippen molar-refractivity contribution >= 4 is 27.9 Å². The van der Waals surface area contributed by atoms with Crippen molar-refractivity contribution in [1.82, 2.24) is 10.2 Å². The third kappa shape index (κ3) is 2.51. The average Bonchev–Trinajstić information content (AvgIpc) is 3.14. The summed E-state index contributed by atoms with van der Waals surface area (Å²) in [6.07, 6.45) is 2.05. The predicted octanol–water partition coefficient (Wildman–Crippen LogP) is 3.10. The number of anilines is 1. The second-order valence-corrected chi connectivity index (χ2v) is 5.13. The number of carbonyl (C=O) groups excluding carboxylic acids is 1. The van der Waals surface area contributed by atoms with Crippen LogP contribution in [0.2, 0.25) is 0 Å². The first kappa shape index (κ1) is 12.3. The molecule has 1 aliphatic carbocycles. The van der Waals surface area contributed by atoms with E-state index in [-0.39, 0.29) is 16.1 Å². The molecule has 98 valence electrons. The van der Waals surface area contributed by atoms with Crippen LogP contribution >= 0.6 is 15.9 Å². The maximum atomic E-state index is 13.7. The van der Waals surface area contributed by atoms with Gasteiger partial charge in [0.25, 0.3) is 5.91 Å². The van der Waals surface area contributed by atoms with Gasteiger partial charge in [-0.2, -0.15) is 0 Å². The number of halogens is 2. The van der Waals surface area contributed by atoms with Gasteiger partial charge < -0.3 is 4.42 Å². The van der Waals surface area contributed by atoms with E-state index in [0.29, 0.717) is 11.8 Å². The van der Waals surface area contributed by atoms with Crippen molar-refractivity contribution in [2.75, 3.05) is 5.32 Å². The van der Waals surface area contributed by atoms with Crippen molar-refractivity contribution < 1.29 is 13.6 Å². The number of hydrogen-bond donors (Lipinski definition) is 1. The molecule has 0 atom stereocenters. The van der Waals surface area contributed by atoms with Gasteiger partial charge in [-0.3, -0.25) is 10.1 Å². The summed E-state index contributed by atoms with van der Waals surface area (Å²) in [5.41, 5.74) is -0.0828. The molecule has 7 heteroatoms. The summed E-state index contributed by atoms with van der Waals surface area (Å²) in [5, 5.41) is 9.93. The Morgan fingerprint density at radius 3 is 2.95 bits per heavy atom. The van der Waals surface area contributed by atoms with Gasteiger partial charge >= 0.3 is 6.01 Å². The van der Waals surface area contributed by atoms with E-state index in [0.717, 1.165) is 12.8 Å². The number of benzene rings is 1. The summed E-state index contributed by atoms with van der Waals surface area (Å²) in [7, 11) is 0. The van der Waals surface area contributed by atoms with Gasteiger partial charge in [-0.1, -0.05) is 11.2 Å². The molecule has 0 saturated heterocycles. The van der Waals surface area contributed by atoms with Crippen LogP contribution in [0.4, 0.5) is 10.4 Å². The molecule has 1 aromatic carbocycles. The van der Waals surface area contributed by atoms with Crippen LogP contribution in [-0.2, 0) is 0 Å². The zero-order chi connectivity index (χ0) is 13.4. The van der Waals surface area contributed by atoms with Crippen molar-refractivity contribution in [3.63, 3.8) is 0 Å². The van der Waals surface area contributed by atoms with Crippen molar-refractivity contribution in [3.05, 3.63) is 39.9 Å². The highest BCUT2D eigenvalue weighted by molar-refractivity contribution is 9.10. The van der Waals surface area contributed by atoms with Crippen LogP contribution in [0.5, 0.6) is 0 Å². The number of rotatable bonds is 3. The lowest BCUT2D eigenvalue weighted by atomic mass is 10.2. The van der Waals surface area contributed by atoms with Gasteiger partial charge in [0.1, 0.15) is 5.82 Å². The molecule has 1 N–H and O–H groups in total. The third-order valence-corrected chi connectivity index (χ3v) is 3.40. The number of hydrogen-bond acceptors (Lipinski definition) is 4. The highest BCUT2D eigenvalue weighted by atomic mass is 79.9. The number of nitrogens with one attached hydrogen (secondary N) is 1. The normalized spacial score (nSPS) is 14.4. The Kier molecular flexibility index (Phi) is 3.06. The second kappa shape index (κ2) is 4.73. The highest BCUT2D eigenvalue weighted by Crippen LogP contribution is 2.39. The number of aromatic nitrogens is 2. The van der Waals surface area contributed by atoms with Crippen molar-refractivity contribution in [2.24, 2.45) is 0 Å². The Morgan fingerprint density at radius 2 is 2.21 bits per heavy atom. The van der Waals surface area contributed by atoms with Gasteiger partial charge in [-0.05, 0) is 40.9 Å². The Labute approximate surface area is 116 Å². The minimum Gasteiger partial charge on any atom is -0.408 e. The molecular formula is C12H9BrFN3O2. The quantitative estimate of drug-likeness (QED) is 0.941. The SMILES string of the molecule is O=C(Nc1nnc(C2CC2)o1)c1cccc(Br)c1F. The fourth-order valence-electron chi connectivity index (χ4n) is 1.62. The van der Waals surface area contributed by atoms with Crippen LogP contribution in [0.25, 0.3) is 0 Å². The first-order valence-corrected chi connectivity index (χ1v) is 6.53. The summed E-state index contributed by atoms with van der Waals surface area (Å²) in [4.78, 5) is 11.9. The number of nitrogens with zero attached hydrogens (tertiary/aromatic N) is 2. The molecule has 0 radical (unpaired) electrons. The Hall–Kier alpha value is -1.76. The third-order valence-electron chi connectivity index (χ3n) is 2.78. The maximum Gasteiger partial charge on any atom is 0.322 e. The van der Waals surface area contributed by atoms with E-state index in [2.05, 4.69) is 31.4 Å². The maximum absolute atomic E-state index is 13.7. The van der Waals surface area contributed by atoms with Crippen LogP contribution in [0.1, 0.15) is 35.0 Å². The molecule has 0 bridgehead atoms. The average molecular weight is 326 g/mol. The van der Waals surface area contributed by atoms with Crippen molar-refractivity contribution in [3.8, 4) is 0 Å². The summed E-state index contributed by atoms with van der Waals surface area (Å²) in [6, 6.07) is 4.47. The Morgan fingerprint density at radius 1 is 1.42 bits per heavy atom. The van der Waals surface area contributed by atoms with Crippen LogP contribution < -0.4 is 5.32 Å². The molecule has 0 aliphatic heterocycles. The first-order valence-electron chi connectivity index (χ1n) is 5.74. The predicted molar refractivity (Wildman–Crippen MR) is 68.3 cm³/mol. The molecule has 5 nitrogen and oxygen atoms in total. The molecule has 1 aliphatic rings. The van der Waals surface area contributed by atoms with E-state index in [4.69, 9.17) is 4.42 Å². The van der Waals surface area contributed by atoms with E-state index in [1.165, 1.54) is 12.1 Å². The molecule has 0 spiro atoms. The van der Waals surface area contributed by atoms with Gasteiger partial charge in [0.2, 0.25) is 5.89 Å². The zero-order valence-corrected chi connectivity index (χ0v) is 11.3. The highest BCUT2D eigenvalue weighted by Gasteiger charge is 2.29. The standard InChI is InChI=1S/C12H9BrFN3O2/c13-8-3-1-2-7(9(8)14)10(18)15-12-17-16-11(19-12)6-4-5-6/h1-3,6H,4-5H2,(H,15,17,18). The molecule has 2 aromatic rings. The molecule has 19 heavy (non-hydrogen) atoms. The van der Waals surface area contributed by atoms with Gasteiger partial charge in [0.15, 0.2) is 0 Å². The topological polar surface area (TPSA) is 68.0 Å². The van der Waals surface area contributed by atoms with Gasteiger partial charge in [0.05, 0.1) is 10.0 Å². The van der Waals surface area contributed by atoms with E-state index < -0.39 is 11.7 Å².